The zero-order chi connectivity index (χ0) is 18.8. The van der Waals surface area contributed by atoms with Crippen molar-refractivity contribution in [1.82, 2.24) is 15.5 Å². The molecule has 1 aromatic rings. The third-order valence-electron chi connectivity index (χ3n) is 5.02. The highest BCUT2D eigenvalue weighted by Crippen LogP contribution is 2.17. The smallest absolute Gasteiger partial charge is 0.191 e. The van der Waals surface area contributed by atoms with Crippen LogP contribution in [0.3, 0.4) is 0 Å². The number of rotatable bonds is 8. The Balaban J connectivity index is 1.77. The molecule has 0 aromatic heterocycles. The molecule has 26 heavy (non-hydrogen) atoms. The van der Waals surface area contributed by atoms with Gasteiger partial charge in [-0.05, 0) is 36.8 Å². The molecule has 5 heteroatoms. The lowest BCUT2D eigenvalue weighted by molar-refractivity contribution is 0.159. The van der Waals surface area contributed by atoms with Gasteiger partial charge in [0.15, 0.2) is 5.96 Å². The van der Waals surface area contributed by atoms with Gasteiger partial charge in [0.25, 0.3) is 0 Å². The predicted molar refractivity (Wildman–Crippen MR) is 110 cm³/mol. The molecule has 1 aromatic carbocycles. The summed E-state index contributed by atoms with van der Waals surface area (Å²) in [4.78, 5) is 6.93. The largest absolute Gasteiger partial charge is 0.396 e. The highest BCUT2D eigenvalue weighted by atomic mass is 16.3. The van der Waals surface area contributed by atoms with Gasteiger partial charge in [0.1, 0.15) is 0 Å². The Hall–Kier alpha value is -1.59. The first-order chi connectivity index (χ1) is 12.6. The molecule has 2 rings (SSSR count). The normalized spacial score (nSPS) is 20.2. The SMILES string of the molecule is CN=C(NCC1CCCN(CC(C)C)C1)NCC(CO)c1ccccc1. The second-order valence-corrected chi connectivity index (χ2v) is 7.79. The molecule has 2 atom stereocenters. The Morgan fingerprint density at radius 2 is 2.04 bits per heavy atom. The second-order valence-electron chi connectivity index (χ2n) is 7.79. The van der Waals surface area contributed by atoms with Crippen LogP contribution in [0.25, 0.3) is 0 Å². The lowest BCUT2D eigenvalue weighted by atomic mass is 9.97. The van der Waals surface area contributed by atoms with Gasteiger partial charge >= 0.3 is 0 Å². The fourth-order valence-electron chi connectivity index (χ4n) is 3.69. The van der Waals surface area contributed by atoms with Crippen molar-refractivity contribution in [2.75, 3.05) is 46.4 Å². The fraction of sp³-hybridized carbons (Fsp3) is 0.667. The zero-order valence-electron chi connectivity index (χ0n) is 16.6. The fourth-order valence-corrected chi connectivity index (χ4v) is 3.69. The van der Waals surface area contributed by atoms with Gasteiger partial charge in [0, 0.05) is 39.1 Å². The van der Waals surface area contributed by atoms with E-state index in [2.05, 4.69) is 46.5 Å². The number of likely N-dealkylation sites (tertiary alicyclic amines) is 1. The first-order valence-electron chi connectivity index (χ1n) is 9.95. The Morgan fingerprint density at radius 3 is 2.69 bits per heavy atom. The molecular weight excluding hydrogens is 324 g/mol. The van der Waals surface area contributed by atoms with Crippen molar-refractivity contribution in [2.45, 2.75) is 32.6 Å². The second kappa shape index (κ2) is 11.2. The molecule has 1 fully saturated rings. The summed E-state index contributed by atoms with van der Waals surface area (Å²) in [6.45, 7) is 9.92. The predicted octanol–water partition coefficient (Wildman–Crippen LogP) is 2.30. The Morgan fingerprint density at radius 1 is 1.27 bits per heavy atom. The van der Waals surface area contributed by atoms with Crippen LogP contribution in [0, 0.1) is 11.8 Å². The minimum Gasteiger partial charge on any atom is -0.396 e. The van der Waals surface area contributed by atoms with Crippen LogP contribution in [-0.4, -0.2) is 62.3 Å². The number of piperidine rings is 1. The summed E-state index contributed by atoms with van der Waals surface area (Å²) >= 11 is 0. The van der Waals surface area contributed by atoms with Crippen LogP contribution in [0.2, 0.25) is 0 Å². The topological polar surface area (TPSA) is 59.9 Å². The van der Waals surface area contributed by atoms with E-state index < -0.39 is 0 Å². The van der Waals surface area contributed by atoms with Gasteiger partial charge < -0.3 is 20.6 Å². The van der Waals surface area contributed by atoms with Gasteiger partial charge in [-0.3, -0.25) is 4.99 Å². The van der Waals surface area contributed by atoms with Gasteiger partial charge in [-0.2, -0.15) is 0 Å². The average molecular weight is 361 g/mol. The maximum Gasteiger partial charge on any atom is 0.191 e. The number of nitrogens with zero attached hydrogens (tertiary/aromatic N) is 2. The Labute approximate surface area is 158 Å². The van der Waals surface area contributed by atoms with Crippen LogP contribution in [0.5, 0.6) is 0 Å². The summed E-state index contributed by atoms with van der Waals surface area (Å²) in [6.07, 6.45) is 2.56. The molecule has 1 heterocycles. The van der Waals surface area contributed by atoms with Crippen LogP contribution in [0.1, 0.15) is 38.2 Å². The molecule has 0 saturated carbocycles. The highest BCUT2D eigenvalue weighted by Gasteiger charge is 2.20. The van der Waals surface area contributed by atoms with Crippen molar-refractivity contribution in [3.63, 3.8) is 0 Å². The van der Waals surface area contributed by atoms with Crippen molar-refractivity contribution in [2.24, 2.45) is 16.8 Å². The van der Waals surface area contributed by atoms with Crippen LogP contribution in [0.15, 0.2) is 35.3 Å². The maximum absolute atomic E-state index is 9.69. The Bertz CT molecular complexity index is 532. The number of aliphatic hydroxyl groups is 1. The third-order valence-corrected chi connectivity index (χ3v) is 5.02. The summed E-state index contributed by atoms with van der Waals surface area (Å²) in [5, 5.41) is 16.5. The monoisotopic (exact) mass is 360 g/mol. The summed E-state index contributed by atoms with van der Waals surface area (Å²) in [6, 6.07) is 10.1. The van der Waals surface area contributed by atoms with Crippen LogP contribution in [-0.2, 0) is 0 Å². The molecule has 0 amide bonds. The number of benzene rings is 1. The molecule has 1 saturated heterocycles. The molecule has 0 aliphatic carbocycles. The molecule has 0 spiro atoms. The maximum atomic E-state index is 9.69. The van der Waals surface area contributed by atoms with E-state index in [0.29, 0.717) is 12.5 Å². The van der Waals surface area contributed by atoms with Crippen LogP contribution in [0.4, 0.5) is 0 Å². The standard InChI is InChI=1S/C21H36N4O/c1-17(2)14-25-11-7-8-18(15-25)12-23-21(22-3)24-13-20(16-26)19-9-5-4-6-10-19/h4-6,9-10,17-18,20,26H,7-8,11-16H2,1-3H3,(H2,22,23,24). The van der Waals surface area contributed by atoms with Crippen molar-refractivity contribution >= 4 is 5.96 Å². The molecule has 0 bridgehead atoms. The first-order valence-corrected chi connectivity index (χ1v) is 9.95. The van der Waals surface area contributed by atoms with Gasteiger partial charge in [-0.25, -0.2) is 0 Å². The van der Waals surface area contributed by atoms with Gasteiger partial charge in [0.2, 0.25) is 0 Å². The van der Waals surface area contributed by atoms with Crippen molar-refractivity contribution in [3.05, 3.63) is 35.9 Å². The van der Waals surface area contributed by atoms with E-state index >= 15 is 0 Å². The van der Waals surface area contributed by atoms with Crippen LogP contribution < -0.4 is 10.6 Å². The summed E-state index contributed by atoms with van der Waals surface area (Å²) in [7, 11) is 1.80. The van der Waals surface area contributed by atoms with E-state index in [9.17, 15) is 5.11 Å². The minimum atomic E-state index is 0.0750. The third kappa shape index (κ3) is 6.96. The van der Waals surface area contributed by atoms with E-state index in [-0.39, 0.29) is 12.5 Å². The lowest BCUT2D eigenvalue weighted by Crippen LogP contribution is -2.45. The van der Waals surface area contributed by atoms with E-state index in [1.807, 2.05) is 18.2 Å². The molecule has 3 N–H and O–H groups in total. The van der Waals surface area contributed by atoms with E-state index in [0.717, 1.165) is 24.0 Å². The van der Waals surface area contributed by atoms with Crippen molar-refractivity contribution in [1.29, 1.82) is 0 Å². The molecule has 1 aliphatic heterocycles. The van der Waals surface area contributed by atoms with E-state index in [4.69, 9.17) is 0 Å². The highest BCUT2D eigenvalue weighted by molar-refractivity contribution is 5.79. The molecule has 146 valence electrons. The molecule has 0 radical (unpaired) electrons. The molecule has 2 unspecified atom stereocenters. The number of aliphatic hydroxyl groups excluding tert-OH is 1. The lowest BCUT2D eigenvalue weighted by Gasteiger charge is -2.34. The molecule has 1 aliphatic rings. The van der Waals surface area contributed by atoms with E-state index in [1.165, 1.54) is 32.5 Å². The first kappa shape index (κ1) is 20.7. The van der Waals surface area contributed by atoms with Gasteiger partial charge in [-0.1, -0.05) is 44.2 Å². The number of hydrogen-bond acceptors (Lipinski definition) is 3. The van der Waals surface area contributed by atoms with Crippen molar-refractivity contribution in [3.8, 4) is 0 Å². The number of guanidine groups is 1. The summed E-state index contributed by atoms with van der Waals surface area (Å²) < 4.78 is 0. The molecular formula is C21H36N4O. The Kier molecular flexibility index (Phi) is 8.92. The van der Waals surface area contributed by atoms with Crippen LogP contribution >= 0.6 is 0 Å². The zero-order valence-corrected chi connectivity index (χ0v) is 16.6. The minimum absolute atomic E-state index is 0.0750. The summed E-state index contributed by atoms with van der Waals surface area (Å²) in [5.74, 6) is 2.29. The van der Waals surface area contributed by atoms with E-state index in [1.54, 1.807) is 7.05 Å². The molecule has 5 nitrogen and oxygen atoms in total. The van der Waals surface area contributed by atoms with Crippen molar-refractivity contribution < 1.29 is 5.11 Å². The average Bonchev–Trinajstić information content (AvgIpc) is 2.65. The van der Waals surface area contributed by atoms with Gasteiger partial charge in [0.05, 0.1) is 6.61 Å². The summed E-state index contributed by atoms with van der Waals surface area (Å²) in [5.41, 5.74) is 1.15. The van der Waals surface area contributed by atoms with Gasteiger partial charge in [-0.15, -0.1) is 0 Å². The number of hydrogen-bond donors (Lipinski definition) is 3. The quantitative estimate of drug-likeness (QED) is 0.492. The number of aliphatic imine (C=N–C) groups is 1. The number of nitrogens with one attached hydrogen (secondary N) is 2.